The highest BCUT2D eigenvalue weighted by Gasteiger charge is 2.28. The highest BCUT2D eigenvalue weighted by atomic mass is 16.5. The lowest BCUT2D eigenvalue weighted by Gasteiger charge is -2.32. The van der Waals surface area contributed by atoms with Crippen molar-refractivity contribution < 1.29 is 14.3 Å². The second-order valence-electron chi connectivity index (χ2n) is 6.01. The Balaban J connectivity index is 1.97. The summed E-state index contributed by atoms with van der Waals surface area (Å²) in [4.78, 5) is 26.5. The number of hydrogen-bond acceptors (Lipinski definition) is 3. The predicted molar refractivity (Wildman–Crippen MR) is 89.1 cm³/mol. The number of hydrogen-bond donors (Lipinski definition) is 1. The molecule has 5 heteroatoms. The van der Waals surface area contributed by atoms with Crippen molar-refractivity contribution in [3.8, 4) is 0 Å². The van der Waals surface area contributed by atoms with Crippen LogP contribution >= 0.6 is 0 Å². The average Bonchev–Trinajstić information content (AvgIpc) is 2.60. The first-order valence-electron chi connectivity index (χ1n) is 8.30. The fraction of sp³-hybridized carbons (Fsp3) is 0.556. The van der Waals surface area contributed by atoms with Gasteiger partial charge < -0.3 is 15.0 Å². The average molecular weight is 318 g/mol. The van der Waals surface area contributed by atoms with E-state index in [1.54, 1.807) is 12.0 Å². The Hall–Kier alpha value is -1.88. The van der Waals surface area contributed by atoms with E-state index in [0.29, 0.717) is 25.3 Å². The number of carbonyl (C=O) groups is 2. The van der Waals surface area contributed by atoms with Crippen molar-refractivity contribution in [2.45, 2.75) is 32.8 Å². The largest absolute Gasteiger partial charge is 0.380 e. The predicted octanol–water partition coefficient (Wildman–Crippen LogP) is 2.21. The number of amides is 2. The van der Waals surface area contributed by atoms with Crippen molar-refractivity contribution in [1.29, 1.82) is 0 Å². The Kier molecular flexibility index (Phi) is 6.59. The molecule has 2 amide bonds. The maximum Gasteiger partial charge on any atom is 0.253 e. The summed E-state index contributed by atoms with van der Waals surface area (Å²) in [6.07, 6.45) is 2.65. The number of rotatable bonds is 6. The third-order valence-corrected chi connectivity index (χ3v) is 4.14. The van der Waals surface area contributed by atoms with Crippen LogP contribution in [-0.2, 0) is 16.1 Å². The quantitative estimate of drug-likeness (QED) is 0.875. The second-order valence-corrected chi connectivity index (χ2v) is 6.01. The Bertz CT molecular complexity index is 528. The molecule has 1 aliphatic heterocycles. The lowest BCUT2D eigenvalue weighted by molar-refractivity contribution is -0.126. The van der Waals surface area contributed by atoms with Crippen LogP contribution in [-0.4, -0.2) is 43.5 Å². The van der Waals surface area contributed by atoms with Crippen LogP contribution in [0.3, 0.4) is 0 Å². The minimum atomic E-state index is -0.0907. The molecule has 126 valence electrons. The summed E-state index contributed by atoms with van der Waals surface area (Å²) in [5.74, 6) is -0.0197. The fourth-order valence-corrected chi connectivity index (χ4v) is 2.86. The Labute approximate surface area is 138 Å². The van der Waals surface area contributed by atoms with E-state index < -0.39 is 0 Å². The maximum absolute atomic E-state index is 12.6. The van der Waals surface area contributed by atoms with Crippen LogP contribution in [0, 0.1) is 5.92 Å². The molecule has 0 aromatic heterocycles. The summed E-state index contributed by atoms with van der Waals surface area (Å²) in [5.41, 5.74) is 1.71. The van der Waals surface area contributed by atoms with E-state index in [9.17, 15) is 9.59 Å². The van der Waals surface area contributed by atoms with E-state index >= 15 is 0 Å². The molecule has 1 saturated heterocycles. The maximum atomic E-state index is 12.6. The van der Waals surface area contributed by atoms with Gasteiger partial charge in [0.2, 0.25) is 5.91 Å². The number of nitrogens with zero attached hydrogens (tertiary/aromatic N) is 1. The van der Waals surface area contributed by atoms with Gasteiger partial charge in [-0.3, -0.25) is 9.59 Å². The van der Waals surface area contributed by atoms with Crippen LogP contribution in [0.15, 0.2) is 24.3 Å². The lowest BCUT2D eigenvalue weighted by atomic mass is 9.96. The summed E-state index contributed by atoms with van der Waals surface area (Å²) >= 11 is 0. The summed E-state index contributed by atoms with van der Waals surface area (Å²) in [5, 5.41) is 2.93. The van der Waals surface area contributed by atoms with Crippen LogP contribution in [0.25, 0.3) is 0 Å². The van der Waals surface area contributed by atoms with Gasteiger partial charge in [-0.2, -0.15) is 0 Å². The third kappa shape index (κ3) is 4.79. The van der Waals surface area contributed by atoms with Crippen molar-refractivity contribution in [1.82, 2.24) is 10.2 Å². The molecule has 1 aromatic rings. The summed E-state index contributed by atoms with van der Waals surface area (Å²) in [6.45, 7) is 4.50. The van der Waals surface area contributed by atoms with E-state index in [2.05, 4.69) is 5.32 Å². The molecule has 0 saturated carbocycles. The highest BCUT2D eigenvalue weighted by molar-refractivity contribution is 5.94. The molecule has 1 aromatic carbocycles. The van der Waals surface area contributed by atoms with Gasteiger partial charge in [0.1, 0.15) is 0 Å². The molecule has 1 unspecified atom stereocenters. The van der Waals surface area contributed by atoms with Gasteiger partial charge in [-0.25, -0.2) is 0 Å². The van der Waals surface area contributed by atoms with Crippen molar-refractivity contribution in [3.63, 3.8) is 0 Å². The highest BCUT2D eigenvalue weighted by Crippen LogP contribution is 2.19. The first kappa shape index (κ1) is 17.5. The molecule has 1 atom stereocenters. The molecule has 1 aliphatic rings. The molecule has 0 spiro atoms. The topological polar surface area (TPSA) is 58.6 Å². The molecule has 0 bridgehead atoms. The van der Waals surface area contributed by atoms with Crippen LogP contribution in [0.1, 0.15) is 42.1 Å². The zero-order valence-electron chi connectivity index (χ0n) is 14.0. The first-order chi connectivity index (χ1) is 11.2. The normalized spacial score (nSPS) is 17.8. The zero-order chi connectivity index (χ0) is 16.7. The van der Waals surface area contributed by atoms with Gasteiger partial charge in [-0.1, -0.05) is 19.1 Å². The SMILES string of the molecule is CCCNC(=O)C1CCCN(C(=O)c2ccc(COC)cc2)C1. The fourth-order valence-electron chi connectivity index (χ4n) is 2.86. The standard InChI is InChI=1S/C18H26N2O3/c1-3-10-19-17(21)16-5-4-11-20(12-16)18(22)15-8-6-14(7-9-15)13-23-2/h6-9,16H,3-5,10-13H2,1-2H3,(H,19,21). The second kappa shape index (κ2) is 8.67. The van der Waals surface area contributed by atoms with E-state index in [0.717, 1.165) is 31.4 Å². The summed E-state index contributed by atoms with van der Waals surface area (Å²) in [6, 6.07) is 7.48. The van der Waals surface area contributed by atoms with Gasteiger partial charge in [0, 0.05) is 32.3 Å². The Morgan fingerprint density at radius 3 is 2.70 bits per heavy atom. The smallest absolute Gasteiger partial charge is 0.253 e. The number of benzene rings is 1. The molecular weight excluding hydrogens is 292 g/mol. The molecule has 1 fully saturated rings. The molecule has 1 heterocycles. The van der Waals surface area contributed by atoms with Gasteiger partial charge >= 0.3 is 0 Å². The Morgan fingerprint density at radius 1 is 1.30 bits per heavy atom. The number of methoxy groups -OCH3 is 1. The molecule has 0 aliphatic carbocycles. The third-order valence-electron chi connectivity index (χ3n) is 4.14. The number of carbonyl (C=O) groups excluding carboxylic acids is 2. The molecule has 0 radical (unpaired) electrons. The number of piperidine rings is 1. The zero-order valence-corrected chi connectivity index (χ0v) is 14.0. The van der Waals surface area contributed by atoms with E-state index in [-0.39, 0.29) is 17.7 Å². The minimum Gasteiger partial charge on any atom is -0.380 e. The Morgan fingerprint density at radius 2 is 2.04 bits per heavy atom. The lowest BCUT2D eigenvalue weighted by Crippen LogP contribution is -2.45. The van der Waals surface area contributed by atoms with E-state index in [1.165, 1.54) is 0 Å². The van der Waals surface area contributed by atoms with Gasteiger partial charge in [-0.05, 0) is 37.0 Å². The van der Waals surface area contributed by atoms with Crippen molar-refractivity contribution in [2.75, 3.05) is 26.7 Å². The number of ether oxygens (including phenoxy) is 1. The first-order valence-corrected chi connectivity index (χ1v) is 8.30. The van der Waals surface area contributed by atoms with Gasteiger partial charge in [0.05, 0.1) is 12.5 Å². The van der Waals surface area contributed by atoms with Crippen LogP contribution < -0.4 is 5.32 Å². The van der Waals surface area contributed by atoms with E-state index in [1.807, 2.05) is 31.2 Å². The molecular formula is C18H26N2O3. The summed E-state index contributed by atoms with van der Waals surface area (Å²) < 4.78 is 5.08. The van der Waals surface area contributed by atoms with Crippen LogP contribution in [0.4, 0.5) is 0 Å². The van der Waals surface area contributed by atoms with Crippen molar-refractivity contribution in [3.05, 3.63) is 35.4 Å². The van der Waals surface area contributed by atoms with Crippen LogP contribution in [0.2, 0.25) is 0 Å². The molecule has 5 nitrogen and oxygen atoms in total. The monoisotopic (exact) mass is 318 g/mol. The van der Waals surface area contributed by atoms with Gasteiger partial charge in [0.25, 0.3) is 5.91 Å². The van der Waals surface area contributed by atoms with Gasteiger partial charge in [0.15, 0.2) is 0 Å². The molecule has 1 N–H and O–H groups in total. The van der Waals surface area contributed by atoms with E-state index in [4.69, 9.17) is 4.74 Å². The minimum absolute atomic E-state index is 0.00181. The molecule has 2 rings (SSSR count). The van der Waals surface area contributed by atoms with Crippen LogP contribution in [0.5, 0.6) is 0 Å². The van der Waals surface area contributed by atoms with Crippen molar-refractivity contribution >= 4 is 11.8 Å². The molecule has 23 heavy (non-hydrogen) atoms. The van der Waals surface area contributed by atoms with Crippen molar-refractivity contribution in [2.24, 2.45) is 5.92 Å². The number of likely N-dealkylation sites (tertiary alicyclic amines) is 1. The van der Waals surface area contributed by atoms with Gasteiger partial charge in [-0.15, -0.1) is 0 Å². The summed E-state index contributed by atoms with van der Waals surface area (Å²) in [7, 11) is 1.65. The number of nitrogens with one attached hydrogen (secondary N) is 1.